The average Bonchev–Trinajstić information content (AvgIpc) is 2.89. The van der Waals surface area contributed by atoms with Crippen LogP contribution in [0.25, 0.3) is 0 Å². The van der Waals surface area contributed by atoms with Crippen LogP contribution in [0.3, 0.4) is 0 Å². The monoisotopic (exact) mass is 461 g/mol. The second-order valence-corrected chi connectivity index (χ2v) is 8.71. The molecule has 1 aliphatic carbocycles. The number of piperidine rings is 1. The summed E-state index contributed by atoms with van der Waals surface area (Å²) in [7, 11) is 0. The molecule has 8 heteroatoms. The topological polar surface area (TPSA) is 110 Å². The van der Waals surface area contributed by atoms with E-state index >= 15 is 0 Å². The van der Waals surface area contributed by atoms with Crippen molar-refractivity contribution >= 4 is 29.0 Å². The van der Waals surface area contributed by atoms with E-state index in [9.17, 15) is 24.5 Å². The summed E-state index contributed by atoms with van der Waals surface area (Å²) >= 11 is 0. The number of likely N-dealkylation sites (tertiary alicyclic amines) is 1. The number of rotatable bonds is 6. The molecular formula is C26H27N3O5. The van der Waals surface area contributed by atoms with Crippen LogP contribution in [0.15, 0.2) is 60.7 Å². The molecule has 1 aliphatic heterocycles. The first-order chi connectivity index (χ1) is 16.5. The molecule has 1 heterocycles. The Morgan fingerprint density at radius 2 is 1.59 bits per heavy atom. The van der Waals surface area contributed by atoms with Crippen LogP contribution in [0.4, 0.5) is 11.4 Å². The van der Waals surface area contributed by atoms with E-state index in [4.69, 9.17) is 0 Å². The number of nitro groups is 1. The minimum atomic E-state index is -0.577. The molecule has 2 unspecified atom stereocenters. The molecule has 4 rings (SSSR count). The van der Waals surface area contributed by atoms with Crippen molar-refractivity contribution in [3.05, 3.63) is 81.9 Å². The molecule has 2 atom stereocenters. The molecular weight excluding hydrogens is 434 g/mol. The fourth-order valence-corrected chi connectivity index (χ4v) is 4.64. The molecule has 8 nitrogen and oxygen atoms in total. The summed E-state index contributed by atoms with van der Waals surface area (Å²) in [5.41, 5.74) is 0.357. The third-order valence-corrected chi connectivity index (χ3v) is 6.51. The summed E-state index contributed by atoms with van der Waals surface area (Å²) in [6.07, 6.45) is 7.80. The Morgan fingerprint density at radius 3 is 2.26 bits per heavy atom. The molecule has 2 aliphatic rings. The lowest BCUT2D eigenvalue weighted by Gasteiger charge is -2.34. The highest BCUT2D eigenvalue weighted by molar-refractivity contribution is 6.14. The summed E-state index contributed by atoms with van der Waals surface area (Å²) < 4.78 is 0. The Morgan fingerprint density at radius 1 is 0.912 bits per heavy atom. The zero-order chi connectivity index (χ0) is 24.1. The Hall–Kier alpha value is -3.81. The summed E-state index contributed by atoms with van der Waals surface area (Å²) in [6.45, 7) is 1.43. The van der Waals surface area contributed by atoms with E-state index < -0.39 is 22.5 Å². The minimum absolute atomic E-state index is 0.00603. The van der Waals surface area contributed by atoms with E-state index in [0.29, 0.717) is 31.5 Å². The lowest BCUT2D eigenvalue weighted by atomic mass is 9.81. The summed E-state index contributed by atoms with van der Waals surface area (Å²) in [6, 6.07) is 12.2. The standard InChI is InChI=1S/C26H27N3O5/c30-24(18-9-3-1-4-10-18)22-17-19(29(33)34)13-14-23(22)27-25(31)20-11-5-6-12-21(20)26(32)28-15-7-2-8-16-28/h1,3-6,9-10,13-14,17,20-21H,2,7-8,11-12,15-16H2,(H,27,31). The van der Waals surface area contributed by atoms with E-state index in [1.165, 1.54) is 18.2 Å². The van der Waals surface area contributed by atoms with Gasteiger partial charge in [0.05, 0.1) is 28.0 Å². The van der Waals surface area contributed by atoms with Crippen molar-refractivity contribution < 1.29 is 19.3 Å². The minimum Gasteiger partial charge on any atom is -0.342 e. The van der Waals surface area contributed by atoms with Crippen LogP contribution in [0.1, 0.15) is 48.0 Å². The molecule has 1 fully saturated rings. The normalized spacial score (nSPS) is 19.9. The quantitative estimate of drug-likeness (QED) is 0.297. The summed E-state index contributed by atoms with van der Waals surface area (Å²) in [5, 5.41) is 14.1. The summed E-state index contributed by atoms with van der Waals surface area (Å²) in [4.78, 5) is 52.2. The molecule has 0 saturated carbocycles. The van der Waals surface area contributed by atoms with Crippen LogP contribution in [0.5, 0.6) is 0 Å². The van der Waals surface area contributed by atoms with Crippen LogP contribution in [-0.4, -0.2) is 40.5 Å². The molecule has 1 N–H and O–H groups in total. The van der Waals surface area contributed by atoms with E-state index in [0.717, 1.165) is 19.3 Å². The van der Waals surface area contributed by atoms with Gasteiger partial charge in [-0.25, -0.2) is 0 Å². The number of hydrogen-bond acceptors (Lipinski definition) is 5. The van der Waals surface area contributed by atoms with Gasteiger partial charge in [0, 0.05) is 30.8 Å². The van der Waals surface area contributed by atoms with E-state index in [-0.39, 0.29) is 28.8 Å². The van der Waals surface area contributed by atoms with Gasteiger partial charge in [0.15, 0.2) is 5.78 Å². The number of amides is 2. The summed E-state index contributed by atoms with van der Waals surface area (Å²) in [5.74, 6) is -1.84. The Labute approximate surface area is 197 Å². The number of allylic oxidation sites excluding steroid dienone is 2. The third kappa shape index (κ3) is 5.06. The van der Waals surface area contributed by atoms with Gasteiger partial charge in [0.2, 0.25) is 11.8 Å². The maximum atomic E-state index is 13.3. The highest BCUT2D eigenvalue weighted by atomic mass is 16.6. The molecule has 34 heavy (non-hydrogen) atoms. The van der Waals surface area contributed by atoms with Gasteiger partial charge < -0.3 is 10.2 Å². The maximum absolute atomic E-state index is 13.3. The van der Waals surface area contributed by atoms with Crippen molar-refractivity contribution in [2.45, 2.75) is 32.1 Å². The Bertz CT molecular complexity index is 1120. The van der Waals surface area contributed by atoms with Crippen molar-refractivity contribution in [3.8, 4) is 0 Å². The first-order valence-corrected chi connectivity index (χ1v) is 11.6. The third-order valence-electron chi connectivity index (χ3n) is 6.51. The van der Waals surface area contributed by atoms with Crippen LogP contribution in [-0.2, 0) is 9.59 Å². The van der Waals surface area contributed by atoms with Crippen LogP contribution in [0.2, 0.25) is 0 Å². The van der Waals surface area contributed by atoms with Gasteiger partial charge in [-0.15, -0.1) is 0 Å². The number of carbonyl (C=O) groups is 3. The number of nitrogens with one attached hydrogen (secondary N) is 1. The van der Waals surface area contributed by atoms with Gasteiger partial charge in [-0.05, 0) is 38.2 Å². The van der Waals surface area contributed by atoms with Gasteiger partial charge in [0.25, 0.3) is 5.69 Å². The predicted octanol–water partition coefficient (Wildman–Crippen LogP) is 4.36. The number of nitro benzene ring substituents is 1. The van der Waals surface area contributed by atoms with Crippen LogP contribution < -0.4 is 5.32 Å². The Balaban J connectivity index is 1.60. The van der Waals surface area contributed by atoms with E-state index in [2.05, 4.69) is 5.32 Å². The number of non-ortho nitro benzene ring substituents is 1. The fourth-order valence-electron chi connectivity index (χ4n) is 4.64. The number of hydrogen-bond donors (Lipinski definition) is 1. The van der Waals surface area contributed by atoms with Gasteiger partial charge in [-0.2, -0.15) is 0 Å². The predicted molar refractivity (Wildman–Crippen MR) is 127 cm³/mol. The number of benzene rings is 2. The van der Waals surface area contributed by atoms with Crippen LogP contribution in [0, 0.1) is 22.0 Å². The largest absolute Gasteiger partial charge is 0.342 e. The highest BCUT2D eigenvalue weighted by Crippen LogP contribution is 2.31. The fraction of sp³-hybridized carbons (Fsp3) is 0.346. The smallest absolute Gasteiger partial charge is 0.270 e. The van der Waals surface area contributed by atoms with Crippen molar-refractivity contribution in [2.75, 3.05) is 18.4 Å². The first kappa shape index (κ1) is 23.4. The molecule has 0 aromatic heterocycles. The lowest BCUT2D eigenvalue weighted by Crippen LogP contribution is -2.45. The van der Waals surface area contributed by atoms with E-state index in [1.807, 2.05) is 17.1 Å². The van der Waals surface area contributed by atoms with E-state index in [1.54, 1.807) is 30.3 Å². The SMILES string of the molecule is O=C(c1ccccc1)c1cc([N+](=O)[O-])ccc1NC(=O)C1CC=CCC1C(=O)N1CCCCC1. The van der Waals surface area contributed by atoms with Gasteiger partial charge in [0.1, 0.15) is 0 Å². The highest BCUT2D eigenvalue weighted by Gasteiger charge is 2.37. The first-order valence-electron chi connectivity index (χ1n) is 11.6. The maximum Gasteiger partial charge on any atom is 0.270 e. The van der Waals surface area contributed by atoms with Gasteiger partial charge >= 0.3 is 0 Å². The number of ketones is 1. The zero-order valence-corrected chi connectivity index (χ0v) is 18.8. The molecule has 0 bridgehead atoms. The second kappa shape index (κ2) is 10.4. The van der Waals surface area contributed by atoms with Gasteiger partial charge in [-0.3, -0.25) is 24.5 Å². The number of anilines is 1. The zero-order valence-electron chi connectivity index (χ0n) is 18.8. The molecule has 0 spiro atoms. The van der Waals surface area contributed by atoms with Crippen molar-refractivity contribution in [1.29, 1.82) is 0 Å². The van der Waals surface area contributed by atoms with Crippen LogP contribution >= 0.6 is 0 Å². The second-order valence-electron chi connectivity index (χ2n) is 8.71. The average molecular weight is 462 g/mol. The van der Waals surface area contributed by atoms with Crippen molar-refractivity contribution in [2.24, 2.45) is 11.8 Å². The molecule has 0 radical (unpaired) electrons. The lowest BCUT2D eigenvalue weighted by molar-refractivity contribution is -0.384. The van der Waals surface area contributed by atoms with Gasteiger partial charge in [-0.1, -0.05) is 42.5 Å². The Kier molecular flexibility index (Phi) is 7.15. The molecule has 176 valence electrons. The van der Waals surface area contributed by atoms with Crippen molar-refractivity contribution in [3.63, 3.8) is 0 Å². The number of nitrogens with zero attached hydrogens (tertiary/aromatic N) is 2. The number of carbonyl (C=O) groups excluding carboxylic acids is 3. The molecule has 2 amide bonds. The molecule has 2 aromatic carbocycles. The molecule has 1 saturated heterocycles. The molecule has 2 aromatic rings. The van der Waals surface area contributed by atoms with Crippen molar-refractivity contribution in [1.82, 2.24) is 4.90 Å².